The van der Waals surface area contributed by atoms with Crippen LogP contribution in [0.15, 0.2) is 30.3 Å². The molecule has 0 radical (unpaired) electrons. The Balaban J connectivity index is 2.12. The van der Waals surface area contributed by atoms with E-state index in [1.807, 2.05) is 30.3 Å². The number of anilines is 1. The number of piperidine rings is 1. The number of benzene rings is 1. The molecule has 0 saturated carbocycles. The second kappa shape index (κ2) is 7.05. The second-order valence-corrected chi connectivity index (χ2v) is 5.07. The summed E-state index contributed by atoms with van der Waals surface area (Å²) in [6.45, 7) is 2.09. The fraction of sp³-hybridized carbons (Fsp3) is 0.467. The van der Waals surface area contributed by atoms with Crippen molar-refractivity contribution in [2.24, 2.45) is 11.7 Å². The molecule has 20 heavy (non-hydrogen) atoms. The van der Waals surface area contributed by atoms with Gasteiger partial charge in [0.1, 0.15) is 0 Å². The molecule has 108 valence electrons. The van der Waals surface area contributed by atoms with Crippen molar-refractivity contribution in [3.63, 3.8) is 0 Å². The number of primary amides is 1. The zero-order chi connectivity index (χ0) is 14.4. The SMILES string of the molecule is NC(=O)CCN(C(=O)C1CCNCC1)c1ccccc1. The predicted octanol–water partition coefficient (Wildman–Crippen LogP) is 0.895. The predicted molar refractivity (Wildman–Crippen MR) is 78.2 cm³/mol. The molecule has 1 fully saturated rings. The largest absolute Gasteiger partial charge is 0.370 e. The Morgan fingerprint density at radius 2 is 1.85 bits per heavy atom. The third-order valence-corrected chi connectivity index (χ3v) is 3.60. The maximum atomic E-state index is 12.7. The lowest BCUT2D eigenvalue weighted by molar-refractivity contribution is -0.123. The number of nitrogens with zero attached hydrogens (tertiary/aromatic N) is 1. The van der Waals surface area contributed by atoms with Crippen molar-refractivity contribution in [1.82, 2.24) is 5.32 Å². The second-order valence-electron chi connectivity index (χ2n) is 5.07. The molecule has 2 amide bonds. The fourth-order valence-electron chi connectivity index (χ4n) is 2.49. The van der Waals surface area contributed by atoms with Crippen LogP contribution in [0, 0.1) is 5.92 Å². The zero-order valence-corrected chi connectivity index (χ0v) is 11.5. The molecule has 0 bridgehead atoms. The summed E-state index contributed by atoms with van der Waals surface area (Å²) in [4.78, 5) is 25.4. The van der Waals surface area contributed by atoms with E-state index in [0.29, 0.717) is 6.54 Å². The minimum absolute atomic E-state index is 0.0318. The van der Waals surface area contributed by atoms with Gasteiger partial charge in [-0.2, -0.15) is 0 Å². The van der Waals surface area contributed by atoms with Gasteiger partial charge >= 0.3 is 0 Å². The van der Waals surface area contributed by atoms with Crippen LogP contribution in [0.3, 0.4) is 0 Å². The number of para-hydroxylation sites is 1. The van der Waals surface area contributed by atoms with Crippen LogP contribution in [0.2, 0.25) is 0 Å². The Bertz CT molecular complexity index is 455. The van der Waals surface area contributed by atoms with Crippen LogP contribution in [0.5, 0.6) is 0 Å². The summed E-state index contributed by atoms with van der Waals surface area (Å²) in [5, 5.41) is 3.25. The lowest BCUT2D eigenvalue weighted by Gasteiger charge is -2.29. The number of nitrogens with one attached hydrogen (secondary N) is 1. The van der Waals surface area contributed by atoms with Gasteiger partial charge in [-0.3, -0.25) is 9.59 Å². The normalized spacial score (nSPS) is 15.8. The van der Waals surface area contributed by atoms with E-state index >= 15 is 0 Å². The van der Waals surface area contributed by atoms with E-state index in [-0.39, 0.29) is 24.2 Å². The van der Waals surface area contributed by atoms with E-state index < -0.39 is 0 Å². The first kappa shape index (κ1) is 14.5. The average molecular weight is 275 g/mol. The first-order valence-electron chi connectivity index (χ1n) is 7.04. The topological polar surface area (TPSA) is 75.4 Å². The summed E-state index contributed by atoms with van der Waals surface area (Å²) >= 11 is 0. The van der Waals surface area contributed by atoms with Crippen molar-refractivity contribution >= 4 is 17.5 Å². The molecular weight excluding hydrogens is 254 g/mol. The average Bonchev–Trinajstić information content (AvgIpc) is 2.49. The van der Waals surface area contributed by atoms with E-state index in [9.17, 15) is 9.59 Å². The highest BCUT2D eigenvalue weighted by molar-refractivity contribution is 5.95. The molecule has 5 heteroatoms. The van der Waals surface area contributed by atoms with Crippen LogP contribution in [0.25, 0.3) is 0 Å². The maximum Gasteiger partial charge on any atom is 0.230 e. The van der Waals surface area contributed by atoms with Gasteiger partial charge in [-0.05, 0) is 38.1 Å². The molecule has 1 aromatic rings. The Morgan fingerprint density at radius 1 is 1.20 bits per heavy atom. The number of rotatable bonds is 5. The van der Waals surface area contributed by atoms with Crippen molar-refractivity contribution in [2.45, 2.75) is 19.3 Å². The van der Waals surface area contributed by atoms with E-state index in [4.69, 9.17) is 5.73 Å². The van der Waals surface area contributed by atoms with E-state index in [1.165, 1.54) is 0 Å². The van der Waals surface area contributed by atoms with Crippen LogP contribution in [-0.2, 0) is 9.59 Å². The van der Waals surface area contributed by atoms with Gasteiger partial charge in [0.05, 0.1) is 0 Å². The quantitative estimate of drug-likeness (QED) is 0.838. The van der Waals surface area contributed by atoms with Crippen molar-refractivity contribution in [1.29, 1.82) is 0 Å². The lowest BCUT2D eigenvalue weighted by atomic mass is 9.96. The number of amides is 2. The van der Waals surface area contributed by atoms with Gasteiger partial charge in [0.2, 0.25) is 11.8 Å². The van der Waals surface area contributed by atoms with E-state index in [1.54, 1.807) is 4.90 Å². The minimum atomic E-state index is -0.385. The molecule has 0 spiro atoms. The van der Waals surface area contributed by atoms with Crippen molar-refractivity contribution < 1.29 is 9.59 Å². The fourth-order valence-corrected chi connectivity index (χ4v) is 2.49. The highest BCUT2D eigenvalue weighted by Gasteiger charge is 2.26. The molecular formula is C15H21N3O2. The van der Waals surface area contributed by atoms with Gasteiger partial charge in [0, 0.05) is 24.6 Å². The highest BCUT2D eigenvalue weighted by atomic mass is 16.2. The number of carbonyl (C=O) groups is 2. The zero-order valence-electron chi connectivity index (χ0n) is 11.5. The first-order valence-corrected chi connectivity index (χ1v) is 7.04. The number of nitrogens with two attached hydrogens (primary N) is 1. The Morgan fingerprint density at radius 3 is 2.45 bits per heavy atom. The van der Waals surface area contributed by atoms with Gasteiger partial charge in [-0.25, -0.2) is 0 Å². The van der Waals surface area contributed by atoms with E-state index in [0.717, 1.165) is 31.6 Å². The van der Waals surface area contributed by atoms with E-state index in [2.05, 4.69) is 5.32 Å². The summed E-state index contributed by atoms with van der Waals surface area (Å²) in [6.07, 6.45) is 1.88. The molecule has 0 aromatic heterocycles. The third kappa shape index (κ3) is 3.81. The minimum Gasteiger partial charge on any atom is -0.370 e. The van der Waals surface area contributed by atoms with Gasteiger partial charge in [-0.1, -0.05) is 18.2 Å². The molecule has 1 saturated heterocycles. The molecule has 0 aliphatic carbocycles. The van der Waals surface area contributed by atoms with Crippen LogP contribution in [-0.4, -0.2) is 31.4 Å². The highest BCUT2D eigenvalue weighted by Crippen LogP contribution is 2.21. The molecule has 1 aliphatic rings. The third-order valence-electron chi connectivity index (χ3n) is 3.60. The number of carbonyl (C=O) groups excluding carboxylic acids is 2. The molecule has 0 unspecified atom stereocenters. The first-order chi connectivity index (χ1) is 9.68. The number of hydrogen-bond acceptors (Lipinski definition) is 3. The van der Waals surface area contributed by atoms with Gasteiger partial charge < -0.3 is 16.0 Å². The summed E-state index contributed by atoms with van der Waals surface area (Å²) in [5.74, 6) is -0.257. The molecule has 2 rings (SSSR count). The van der Waals surface area contributed by atoms with Gasteiger partial charge in [0.25, 0.3) is 0 Å². The Hall–Kier alpha value is -1.88. The monoisotopic (exact) mass is 275 g/mol. The van der Waals surface area contributed by atoms with Crippen LogP contribution in [0.4, 0.5) is 5.69 Å². The summed E-state index contributed by atoms with van der Waals surface area (Å²) in [7, 11) is 0. The van der Waals surface area contributed by atoms with Crippen LogP contribution in [0.1, 0.15) is 19.3 Å². The summed E-state index contributed by atoms with van der Waals surface area (Å²) < 4.78 is 0. The molecule has 3 N–H and O–H groups in total. The lowest BCUT2D eigenvalue weighted by Crippen LogP contribution is -2.42. The van der Waals surface area contributed by atoms with Crippen molar-refractivity contribution in [3.05, 3.63) is 30.3 Å². The molecule has 1 aromatic carbocycles. The molecule has 1 aliphatic heterocycles. The molecule has 5 nitrogen and oxygen atoms in total. The molecule has 0 atom stereocenters. The summed E-state index contributed by atoms with van der Waals surface area (Å²) in [6, 6.07) is 9.47. The standard InChI is InChI=1S/C15H21N3O2/c16-14(19)8-11-18(13-4-2-1-3-5-13)15(20)12-6-9-17-10-7-12/h1-5,12,17H,6-11H2,(H2,16,19). The van der Waals surface area contributed by atoms with Gasteiger partial charge in [-0.15, -0.1) is 0 Å². The van der Waals surface area contributed by atoms with Crippen LogP contribution >= 0.6 is 0 Å². The maximum absolute atomic E-state index is 12.7. The molecule has 1 heterocycles. The van der Waals surface area contributed by atoms with Crippen LogP contribution < -0.4 is 16.0 Å². The number of hydrogen-bond donors (Lipinski definition) is 2. The Kier molecular flexibility index (Phi) is 5.12. The van der Waals surface area contributed by atoms with Gasteiger partial charge in [0.15, 0.2) is 0 Å². The summed E-state index contributed by atoms with van der Waals surface area (Å²) in [5.41, 5.74) is 6.04. The van der Waals surface area contributed by atoms with Crippen molar-refractivity contribution in [3.8, 4) is 0 Å². The smallest absolute Gasteiger partial charge is 0.230 e. The van der Waals surface area contributed by atoms with Crippen molar-refractivity contribution in [2.75, 3.05) is 24.5 Å². The Labute approximate surface area is 119 Å².